The van der Waals surface area contributed by atoms with Crippen LogP contribution in [-0.4, -0.2) is 32.0 Å². The second-order valence-electron chi connectivity index (χ2n) is 6.94. The number of rotatable bonds is 4. The number of methoxy groups -OCH3 is 1. The van der Waals surface area contributed by atoms with Gasteiger partial charge in [0, 0.05) is 12.8 Å². The Morgan fingerprint density at radius 2 is 1.85 bits per heavy atom. The molecule has 0 saturated heterocycles. The van der Waals surface area contributed by atoms with Gasteiger partial charge in [0.05, 0.1) is 12.0 Å². The van der Waals surface area contributed by atoms with Crippen LogP contribution in [0.2, 0.25) is 0 Å². The molecule has 26 heavy (non-hydrogen) atoms. The number of hydrogen-bond acceptors (Lipinski definition) is 5. The van der Waals surface area contributed by atoms with Gasteiger partial charge in [-0.05, 0) is 48.6 Å². The Morgan fingerprint density at radius 1 is 1.15 bits per heavy atom. The lowest BCUT2D eigenvalue weighted by atomic mass is 9.79. The Kier molecular flexibility index (Phi) is 4.88. The molecule has 1 aliphatic carbocycles. The zero-order chi connectivity index (χ0) is 18.9. The summed E-state index contributed by atoms with van der Waals surface area (Å²) in [6.07, 6.45) is 1.61. The van der Waals surface area contributed by atoms with E-state index >= 15 is 0 Å². The third kappa shape index (κ3) is 2.92. The van der Waals surface area contributed by atoms with E-state index < -0.39 is 26.5 Å². The summed E-state index contributed by atoms with van der Waals surface area (Å²) >= 11 is 0. The van der Waals surface area contributed by atoms with Crippen molar-refractivity contribution in [3.8, 4) is 0 Å². The van der Waals surface area contributed by atoms with E-state index in [9.17, 15) is 18.0 Å². The van der Waals surface area contributed by atoms with Crippen LogP contribution >= 0.6 is 0 Å². The first kappa shape index (κ1) is 18.6. The fourth-order valence-electron chi connectivity index (χ4n) is 3.77. The summed E-state index contributed by atoms with van der Waals surface area (Å²) in [7, 11) is -2.87. The van der Waals surface area contributed by atoms with Crippen molar-refractivity contribution < 1.29 is 22.7 Å². The monoisotopic (exact) mass is 374 g/mol. The van der Waals surface area contributed by atoms with Gasteiger partial charge in [0.2, 0.25) is 0 Å². The maximum absolute atomic E-state index is 13.5. The van der Waals surface area contributed by atoms with E-state index in [-0.39, 0.29) is 17.1 Å². The molecular weight excluding hydrogens is 352 g/mol. The summed E-state index contributed by atoms with van der Waals surface area (Å²) in [5, 5.41) is 1.69. The molecule has 1 aliphatic rings. The van der Waals surface area contributed by atoms with Crippen LogP contribution in [-0.2, 0) is 24.2 Å². The average molecular weight is 374 g/mol. The molecule has 1 saturated carbocycles. The van der Waals surface area contributed by atoms with Crippen LogP contribution in [0.25, 0.3) is 10.8 Å². The summed E-state index contributed by atoms with van der Waals surface area (Å²) in [6.45, 7) is 1.40. The Hall–Kier alpha value is -2.21. The van der Waals surface area contributed by atoms with E-state index in [1.807, 2.05) is 24.3 Å². The normalized spacial score (nSPS) is 20.5. The molecule has 2 unspecified atom stereocenters. The first-order valence-electron chi connectivity index (χ1n) is 8.64. The van der Waals surface area contributed by atoms with Crippen molar-refractivity contribution in [2.45, 2.75) is 42.2 Å². The van der Waals surface area contributed by atoms with Crippen molar-refractivity contribution >= 4 is 32.4 Å². The van der Waals surface area contributed by atoms with E-state index in [2.05, 4.69) is 0 Å². The zero-order valence-corrected chi connectivity index (χ0v) is 15.7. The van der Waals surface area contributed by atoms with Gasteiger partial charge in [0.25, 0.3) is 0 Å². The fourth-order valence-corrected chi connectivity index (χ4v) is 5.73. The lowest BCUT2D eigenvalue weighted by Crippen LogP contribution is -2.52. The van der Waals surface area contributed by atoms with Crippen LogP contribution in [0.3, 0.4) is 0 Å². The van der Waals surface area contributed by atoms with E-state index in [4.69, 9.17) is 4.74 Å². The summed E-state index contributed by atoms with van der Waals surface area (Å²) in [4.78, 5) is 24.6. The molecular formula is C20H22O5S. The molecule has 0 bridgehead atoms. The summed E-state index contributed by atoms with van der Waals surface area (Å²) < 4.78 is 30.1. The smallest absolute Gasteiger partial charge is 0.327 e. The summed E-state index contributed by atoms with van der Waals surface area (Å²) in [5.41, 5.74) is 0. The Morgan fingerprint density at radius 3 is 2.50 bits per heavy atom. The van der Waals surface area contributed by atoms with Crippen molar-refractivity contribution in [3.63, 3.8) is 0 Å². The minimum Gasteiger partial charge on any atom is -0.468 e. The number of ketones is 1. The van der Waals surface area contributed by atoms with Crippen molar-refractivity contribution in [1.82, 2.24) is 0 Å². The summed E-state index contributed by atoms with van der Waals surface area (Å²) in [5.74, 6) is -1.41. The number of carbonyl (C=O) groups excluding carboxylic acids is 2. The minimum absolute atomic E-state index is 0.00918. The van der Waals surface area contributed by atoms with E-state index in [0.29, 0.717) is 19.3 Å². The molecule has 0 N–H and O–H groups in total. The second kappa shape index (κ2) is 6.83. The number of carbonyl (C=O) groups is 2. The number of ether oxygens (including phenoxy) is 1. The quantitative estimate of drug-likeness (QED) is 0.768. The van der Waals surface area contributed by atoms with Crippen molar-refractivity contribution in [3.05, 3.63) is 42.5 Å². The van der Waals surface area contributed by atoms with Gasteiger partial charge >= 0.3 is 5.97 Å². The maximum Gasteiger partial charge on any atom is 0.327 e. The maximum atomic E-state index is 13.5. The molecule has 0 aromatic heterocycles. The molecule has 0 aliphatic heterocycles. The van der Waals surface area contributed by atoms with Crippen LogP contribution in [0.15, 0.2) is 47.4 Å². The average Bonchev–Trinajstić information content (AvgIpc) is 2.66. The molecule has 0 heterocycles. The number of benzene rings is 2. The molecule has 2 atom stereocenters. The van der Waals surface area contributed by atoms with Crippen LogP contribution in [0, 0.1) is 5.92 Å². The molecule has 1 fully saturated rings. The SMILES string of the molecule is COC(=O)C(C)(C1CCCC(=O)C1)S(=O)(=O)c1ccc2ccccc2c1. The Bertz CT molecular complexity index is 963. The van der Waals surface area contributed by atoms with Gasteiger partial charge in [-0.2, -0.15) is 0 Å². The molecule has 138 valence electrons. The van der Waals surface area contributed by atoms with E-state index in [1.165, 1.54) is 20.1 Å². The van der Waals surface area contributed by atoms with Gasteiger partial charge in [-0.15, -0.1) is 0 Å². The van der Waals surface area contributed by atoms with Gasteiger partial charge < -0.3 is 4.74 Å². The molecule has 2 aromatic rings. The van der Waals surface area contributed by atoms with Crippen molar-refractivity contribution in [2.75, 3.05) is 7.11 Å². The number of Topliss-reactive ketones (excluding diaryl/α,β-unsaturated/α-hetero) is 1. The lowest BCUT2D eigenvalue weighted by Gasteiger charge is -2.36. The highest BCUT2D eigenvalue weighted by Crippen LogP contribution is 2.41. The molecule has 6 heteroatoms. The van der Waals surface area contributed by atoms with Gasteiger partial charge in [-0.3, -0.25) is 9.59 Å². The number of sulfone groups is 1. The van der Waals surface area contributed by atoms with Crippen molar-refractivity contribution in [2.24, 2.45) is 5.92 Å². The topological polar surface area (TPSA) is 77.5 Å². The lowest BCUT2D eigenvalue weighted by molar-refractivity contribution is -0.145. The molecule has 0 spiro atoms. The fraction of sp³-hybridized carbons (Fsp3) is 0.400. The third-order valence-corrected chi connectivity index (χ3v) is 7.93. The van der Waals surface area contributed by atoms with Crippen molar-refractivity contribution in [1.29, 1.82) is 0 Å². The van der Waals surface area contributed by atoms with Crippen LogP contribution < -0.4 is 0 Å². The first-order valence-corrected chi connectivity index (χ1v) is 10.1. The highest BCUT2D eigenvalue weighted by molar-refractivity contribution is 7.93. The van der Waals surface area contributed by atoms with Crippen LogP contribution in [0.1, 0.15) is 32.6 Å². The Balaban J connectivity index is 2.14. The van der Waals surface area contributed by atoms with Crippen LogP contribution in [0.4, 0.5) is 0 Å². The predicted octanol–water partition coefficient (Wildman–Crippen LogP) is 3.30. The highest BCUT2D eigenvalue weighted by atomic mass is 32.2. The molecule has 3 rings (SSSR count). The van der Waals surface area contributed by atoms with Gasteiger partial charge in [-0.25, -0.2) is 8.42 Å². The number of hydrogen-bond donors (Lipinski definition) is 0. The molecule has 0 radical (unpaired) electrons. The number of fused-ring (bicyclic) bond motifs is 1. The van der Waals surface area contributed by atoms with E-state index in [0.717, 1.165) is 10.8 Å². The summed E-state index contributed by atoms with van der Waals surface area (Å²) in [6, 6.07) is 12.3. The third-order valence-electron chi connectivity index (χ3n) is 5.44. The number of esters is 1. The molecule has 2 aromatic carbocycles. The van der Waals surface area contributed by atoms with E-state index in [1.54, 1.807) is 12.1 Å². The zero-order valence-electron chi connectivity index (χ0n) is 14.9. The predicted molar refractivity (Wildman–Crippen MR) is 98.5 cm³/mol. The highest BCUT2D eigenvalue weighted by Gasteiger charge is 2.54. The second-order valence-corrected chi connectivity index (χ2v) is 9.27. The van der Waals surface area contributed by atoms with Gasteiger partial charge in [0.1, 0.15) is 5.78 Å². The van der Waals surface area contributed by atoms with Gasteiger partial charge in [-0.1, -0.05) is 30.3 Å². The molecule has 5 nitrogen and oxygen atoms in total. The van der Waals surface area contributed by atoms with Crippen LogP contribution in [0.5, 0.6) is 0 Å². The largest absolute Gasteiger partial charge is 0.468 e. The van der Waals surface area contributed by atoms with Gasteiger partial charge in [0.15, 0.2) is 14.6 Å². The Labute approximate surface area is 153 Å². The minimum atomic E-state index is -4.05. The molecule has 0 amide bonds. The standard InChI is InChI=1S/C20H22O5S/c1-20(19(22)25-2,16-8-5-9-17(21)13-16)26(23,24)18-11-10-14-6-3-4-7-15(14)12-18/h3-4,6-7,10-12,16H,5,8-9,13H2,1-2H3. The first-order chi connectivity index (χ1) is 12.3.